The van der Waals surface area contributed by atoms with Crippen LogP contribution in [0.2, 0.25) is 0 Å². The molecule has 0 fully saturated rings. The zero-order valence-electron chi connectivity index (χ0n) is 15.5. The van der Waals surface area contributed by atoms with Crippen LogP contribution in [0.1, 0.15) is 31.7 Å². The number of carbonyl (C=O) groups excluding carboxylic acids is 1. The van der Waals surface area contributed by atoms with Crippen LogP contribution in [0.25, 0.3) is 0 Å². The Labute approximate surface area is 161 Å². The molecule has 2 aromatic rings. The minimum absolute atomic E-state index is 0.0605. The van der Waals surface area contributed by atoms with Gasteiger partial charge < -0.3 is 21.5 Å². The lowest BCUT2D eigenvalue weighted by Crippen LogP contribution is -2.32. The molecule has 0 aliphatic rings. The maximum Gasteiger partial charge on any atom is 0.262 e. The third-order valence-corrected chi connectivity index (χ3v) is 4.26. The number of unbranched alkanes of at least 4 members (excludes halogenated alkanes) is 1. The van der Waals surface area contributed by atoms with Crippen LogP contribution in [0.15, 0.2) is 36.4 Å². The minimum Gasteiger partial charge on any atom is -0.508 e. The van der Waals surface area contributed by atoms with Gasteiger partial charge in [0.05, 0.1) is 17.1 Å². The molecule has 1 amide bonds. The van der Waals surface area contributed by atoms with Crippen LogP contribution >= 0.6 is 0 Å². The predicted octanol–water partition coefficient (Wildman–Crippen LogP) is 4.53. The molecule has 152 valence electrons. The summed E-state index contributed by atoms with van der Waals surface area (Å²) in [7, 11) is 0. The largest absolute Gasteiger partial charge is 0.508 e. The summed E-state index contributed by atoms with van der Waals surface area (Å²) < 4.78 is 42.1. The van der Waals surface area contributed by atoms with Crippen molar-refractivity contribution in [2.24, 2.45) is 0 Å². The Morgan fingerprint density at radius 1 is 1.14 bits per heavy atom. The third kappa shape index (κ3) is 5.55. The van der Waals surface area contributed by atoms with Gasteiger partial charge in [-0.25, -0.2) is 13.2 Å². The first-order valence-electron chi connectivity index (χ1n) is 9.02. The molecule has 5 nitrogen and oxygen atoms in total. The maximum atomic E-state index is 14.5. The first-order chi connectivity index (χ1) is 13.3. The van der Waals surface area contributed by atoms with E-state index in [0.29, 0.717) is 12.8 Å². The highest BCUT2D eigenvalue weighted by Crippen LogP contribution is 2.29. The minimum atomic E-state index is -2.35. The number of nitrogens with one attached hydrogen (secondary N) is 2. The van der Waals surface area contributed by atoms with E-state index in [1.54, 1.807) is 12.1 Å². The second-order valence-electron chi connectivity index (χ2n) is 6.46. The molecule has 0 aliphatic carbocycles. The molecule has 0 spiro atoms. The van der Waals surface area contributed by atoms with E-state index < -0.39 is 24.1 Å². The van der Waals surface area contributed by atoms with Crippen molar-refractivity contribution >= 4 is 23.0 Å². The van der Waals surface area contributed by atoms with Gasteiger partial charge in [0.1, 0.15) is 11.9 Å². The monoisotopic (exact) mass is 395 g/mol. The van der Waals surface area contributed by atoms with Crippen LogP contribution in [0.4, 0.5) is 30.2 Å². The lowest BCUT2D eigenvalue weighted by atomic mass is 10.1. The molecule has 0 saturated heterocycles. The molecule has 0 radical (unpaired) electrons. The maximum absolute atomic E-state index is 14.5. The number of halogens is 3. The number of anilines is 3. The topological polar surface area (TPSA) is 87.4 Å². The number of aromatic hydroxyl groups is 1. The number of phenols is 1. The normalized spacial score (nSPS) is 13.0. The molecule has 2 atom stereocenters. The van der Waals surface area contributed by atoms with Gasteiger partial charge in [0.25, 0.3) is 5.91 Å². The second-order valence-corrected chi connectivity index (χ2v) is 6.46. The van der Waals surface area contributed by atoms with Crippen molar-refractivity contribution in [1.29, 1.82) is 0 Å². The van der Waals surface area contributed by atoms with E-state index in [0.717, 1.165) is 5.56 Å². The first kappa shape index (κ1) is 21.4. The van der Waals surface area contributed by atoms with Gasteiger partial charge in [0.15, 0.2) is 5.82 Å². The number of alkyl halides is 2. The average Bonchev–Trinajstić information content (AvgIpc) is 2.69. The number of rotatable bonds is 9. The lowest BCUT2D eigenvalue weighted by Gasteiger charge is -2.16. The second kappa shape index (κ2) is 9.87. The lowest BCUT2D eigenvalue weighted by molar-refractivity contribution is -0.123. The Hall–Kier alpha value is -2.90. The van der Waals surface area contributed by atoms with Gasteiger partial charge in [-0.2, -0.15) is 0 Å². The van der Waals surface area contributed by atoms with Crippen LogP contribution in [-0.2, 0) is 11.3 Å². The van der Waals surface area contributed by atoms with Gasteiger partial charge in [0.2, 0.25) is 6.17 Å². The van der Waals surface area contributed by atoms with E-state index in [9.17, 15) is 23.1 Å². The highest BCUT2D eigenvalue weighted by Gasteiger charge is 2.28. The number of amides is 1. The van der Waals surface area contributed by atoms with E-state index in [2.05, 4.69) is 10.6 Å². The van der Waals surface area contributed by atoms with Crippen molar-refractivity contribution in [2.45, 2.75) is 45.1 Å². The average molecular weight is 395 g/mol. The molecule has 2 aromatic carbocycles. The molecule has 0 heterocycles. The fourth-order valence-electron chi connectivity index (χ4n) is 2.56. The summed E-state index contributed by atoms with van der Waals surface area (Å²) in [5.74, 6) is -1.88. The number of nitrogen functional groups attached to an aromatic ring is 1. The van der Waals surface area contributed by atoms with E-state index in [-0.39, 0.29) is 35.8 Å². The summed E-state index contributed by atoms with van der Waals surface area (Å²) in [5.41, 5.74) is 6.09. The molecule has 0 bridgehead atoms. The Morgan fingerprint density at radius 3 is 2.43 bits per heavy atom. The van der Waals surface area contributed by atoms with Crippen molar-refractivity contribution in [2.75, 3.05) is 16.4 Å². The van der Waals surface area contributed by atoms with Crippen LogP contribution in [0.3, 0.4) is 0 Å². The van der Waals surface area contributed by atoms with Gasteiger partial charge >= 0.3 is 0 Å². The van der Waals surface area contributed by atoms with Crippen LogP contribution < -0.4 is 16.4 Å². The number of phenolic OH excluding ortho intramolecular Hbond substituents is 1. The SMILES string of the molecule is CCCC[C@H](F)[C@H](F)C(=O)Nc1ccc(NCc2ccc(O)cc2)c(F)c1N. The number of carbonyl (C=O) groups is 1. The van der Waals surface area contributed by atoms with E-state index >= 15 is 0 Å². The Morgan fingerprint density at radius 2 is 1.79 bits per heavy atom. The summed E-state index contributed by atoms with van der Waals surface area (Å²) in [4.78, 5) is 11.9. The molecule has 0 saturated carbocycles. The van der Waals surface area contributed by atoms with Crippen LogP contribution in [-0.4, -0.2) is 23.4 Å². The van der Waals surface area contributed by atoms with Gasteiger partial charge in [-0.05, 0) is 36.2 Å². The molecular weight excluding hydrogens is 371 g/mol. The van der Waals surface area contributed by atoms with Gasteiger partial charge in [-0.1, -0.05) is 31.9 Å². The van der Waals surface area contributed by atoms with Crippen LogP contribution in [0.5, 0.6) is 5.75 Å². The van der Waals surface area contributed by atoms with Crippen molar-refractivity contribution in [3.05, 3.63) is 47.8 Å². The zero-order valence-corrected chi connectivity index (χ0v) is 15.5. The summed E-state index contributed by atoms with van der Waals surface area (Å²) in [6.07, 6.45) is -3.17. The molecule has 0 unspecified atom stereocenters. The first-order valence-corrected chi connectivity index (χ1v) is 9.02. The van der Waals surface area contributed by atoms with Gasteiger partial charge in [-0.3, -0.25) is 4.79 Å². The molecule has 0 aliphatic heterocycles. The number of nitrogens with two attached hydrogens (primary N) is 1. The fraction of sp³-hybridized carbons (Fsp3) is 0.350. The van der Waals surface area contributed by atoms with Crippen molar-refractivity contribution in [3.63, 3.8) is 0 Å². The van der Waals surface area contributed by atoms with E-state index in [1.807, 2.05) is 6.92 Å². The standard InChI is InChI=1S/C20H24F3N3O2/c1-2-3-4-14(21)17(22)20(28)26-16-10-9-15(18(23)19(16)24)25-11-12-5-7-13(27)8-6-12/h5-10,14,17,25,27H,2-4,11,24H2,1H3,(H,26,28)/t14-,17-/m0/s1. The van der Waals surface area contributed by atoms with Crippen LogP contribution in [0, 0.1) is 5.82 Å². The number of benzene rings is 2. The molecule has 28 heavy (non-hydrogen) atoms. The van der Waals surface area contributed by atoms with E-state index in [1.165, 1.54) is 24.3 Å². The summed E-state index contributed by atoms with van der Waals surface area (Å²) in [6, 6.07) is 9.02. The van der Waals surface area contributed by atoms with E-state index in [4.69, 9.17) is 5.73 Å². The smallest absolute Gasteiger partial charge is 0.262 e. The quantitative estimate of drug-likeness (QED) is 0.470. The number of hydrogen-bond acceptors (Lipinski definition) is 4. The van der Waals surface area contributed by atoms with Crippen molar-refractivity contribution in [1.82, 2.24) is 0 Å². The molecule has 5 N–H and O–H groups in total. The number of hydrogen-bond donors (Lipinski definition) is 4. The highest BCUT2D eigenvalue weighted by atomic mass is 19.2. The zero-order chi connectivity index (χ0) is 20.7. The molecule has 2 rings (SSSR count). The van der Waals surface area contributed by atoms with Gasteiger partial charge in [-0.15, -0.1) is 0 Å². The Kier molecular flexibility index (Phi) is 7.54. The highest BCUT2D eigenvalue weighted by molar-refractivity contribution is 5.97. The fourth-order valence-corrected chi connectivity index (χ4v) is 2.56. The van der Waals surface area contributed by atoms with Crippen molar-refractivity contribution < 1.29 is 23.1 Å². The Balaban J connectivity index is 2.02. The summed E-state index contributed by atoms with van der Waals surface area (Å²) >= 11 is 0. The molecule has 8 heteroatoms. The van der Waals surface area contributed by atoms with Crippen molar-refractivity contribution in [3.8, 4) is 5.75 Å². The molecular formula is C20H24F3N3O2. The summed E-state index contributed by atoms with van der Waals surface area (Å²) in [5, 5.41) is 14.3. The van der Waals surface area contributed by atoms with Gasteiger partial charge in [0, 0.05) is 6.54 Å². The third-order valence-electron chi connectivity index (χ3n) is 4.26. The Bertz CT molecular complexity index is 800. The summed E-state index contributed by atoms with van der Waals surface area (Å²) in [6.45, 7) is 2.11. The molecule has 0 aromatic heterocycles. The predicted molar refractivity (Wildman–Crippen MR) is 104 cm³/mol.